The number of benzene rings is 2. The number of rotatable bonds is 5. The number of halogens is 4. The quantitative estimate of drug-likeness (QED) is 0.471. The monoisotopic (exact) mass is 399 g/mol. The summed E-state index contributed by atoms with van der Waals surface area (Å²) in [6, 6.07) is 6.48. The average molecular weight is 400 g/mol. The van der Waals surface area contributed by atoms with Gasteiger partial charge in [0.1, 0.15) is 17.1 Å². The summed E-state index contributed by atoms with van der Waals surface area (Å²) in [6.07, 6.45) is -5.55. The van der Waals surface area contributed by atoms with Crippen molar-refractivity contribution in [2.75, 3.05) is 0 Å². The normalized spacial score (nSPS) is 10.8. The Hall–Kier alpha value is -1.81. The van der Waals surface area contributed by atoms with E-state index in [2.05, 4.69) is 0 Å². The number of nitro benzene ring substituents is 1. The van der Waals surface area contributed by atoms with Crippen LogP contribution in [0.1, 0.15) is 17.3 Å². The van der Waals surface area contributed by atoms with Crippen molar-refractivity contribution in [1.29, 1.82) is 0 Å². The van der Waals surface area contributed by atoms with Gasteiger partial charge in [-0.1, -0.05) is 17.7 Å². The number of hydrogen-bond acceptors (Lipinski definition) is 4. The minimum Gasteiger partial charge on any atom is -1.00 e. The van der Waals surface area contributed by atoms with E-state index in [0.29, 0.717) is 0 Å². The molecule has 1 N–H and O–H groups in total. The molecule has 134 valence electrons. The third kappa shape index (κ3) is 5.87. The summed E-state index contributed by atoms with van der Waals surface area (Å²) in [4.78, 5) is 21.0. The van der Waals surface area contributed by atoms with Gasteiger partial charge in [0.05, 0.1) is 16.4 Å². The Balaban J connectivity index is 0.00000338. The molecule has 2 rings (SSSR count). The Morgan fingerprint density at radius 1 is 1.27 bits per heavy atom. The smallest absolute Gasteiger partial charge is 1.00 e. The molecular formula is C15H10ClF3NNaO5. The number of hydrogen-bond donors (Lipinski definition) is 1. The number of nitro groups is 1. The fraction of sp³-hybridized carbons (Fsp3) is 0.133. The van der Waals surface area contributed by atoms with Crippen LogP contribution in [0.2, 0.25) is 5.02 Å². The van der Waals surface area contributed by atoms with Crippen molar-refractivity contribution < 1.29 is 63.7 Å². The molecule has 11 heteroatoms. The number of alkyl halides is 3. The third-order valence-corrected chi connectivity index (χ3v) is 3.32. The molecule has 0 spiro atoms. The third-order valence-electron chi connectivity index (χ3n) is 3.02. The first kappa shape index (κ1) is 22.2. The summed E-state index contributed by atoms with van der Waals surface area (Å²) in [5.41, 5.74) is -1.28. The summed E-state index contributed by atoms with van der Waals surface area (Å²) < 4.78 is 42.4. The van der Waals surface area contributed by atoms with Crippen molar-refractivity contribution >= 4 is 23.3 Å². The predicted octanol–water partition coefficient (Wildman–Crippen LogP) is 1.96. The molecule has 0 saturated heterocycles. The van der Waals surface area contributed by atoms with Crippen LogP contribution in [0, 0.1) is 10.1 Å². The van der Waals surface area contributed by atoms with E-state index in [4.69, 9.17) is 21.4 Å². The zero-order chi connectivity index (χ0) is 18.8. The first-order chi connectivity index (χ1) is 11.6. The van der Waals surface area contributed by atoms with Gasteiger partial charge in [-0.15, -0.1) is 0 Å². The van der Waals surface area contributed by atoms with E-state index in [9.17, 15) is 28.1 Å². The van der Waals surface area contributed by atoms with E-state index in [1.165, 1.54) is 6.07 Å². The second-order valence-electron chi connectivity index (χ2n) is 4.90. The molecule has 2 aromatic carbocycles. The largest absolute Gasteiger partial charge is 1.00 e. The van der Waals surface area contributed by atoms with Crippen LogP contribution >= 0.6 is 11.6 Å². The van der Waals surface area contributed by atoms with Crippen LogP contribution in [0.25, 0.3) is 0 Å². The standard InChI is InChI=1S/C15H9ClF3NO5.Na.H/c16-11-5-8(7-15(17,18)19)1-4-13(11)25-9-2-3-12(20(23)24)10(6-9)14(21)22;;/h1-6H,7H2,(H,21,22);;/q;+1;-1. The maximum atomic E-state index is 12.4. The molecule has 0 atom stereocenters. The zero-order valence-corrected chi connectivity index (χ0v) is 16.0. The number of ether oxygens (including phenoxy) is 1. The van der Waals surface area contributed by atoms with Crippen molar-refractivity contribution in [2.24, 2.45) is 0 Å². The van der Waals surface area contributed by atoms with Crippen LogP contribution in [0.3, 0.4) is 0 Å². The number of carboxylic acid groups (broad SMARTS) is 1. The molecule has 0 aliphatic rings. The first-order valence-corrected chi connectivity index (χ1v) is 6.99. The minimum absolute atomic E-state index is 0. The zero-order valence-electron chi connectivity index (χ0n) is 14.2. The molecule has 0 bridgehead atoms. The maximum Gasteiger partial charge on any atom is 1.00 e. The van der Waals surface area contributed by atoms with Gasteiger partial charge < -0.3 is 11.3 Å². The van der Waals surface area contributed by atoms with Gasteiger partial charge in [0.2, 0.25) is 0 Å². The van der Waals surface area contributed by atoms with Crippen molar-refractivity contribution in [3.8, 4) is 11.5 Å². The van der Waals surface area contributed by atoms with Crippen molar-refractivity contribution in [2.45, 2.75) is 12.6 Å². The van der Waals surface area contributed by atoms with E-state index in [-0.39, 0.29) is 53.1 Å². The summed E-state index contributed by atoms with van der Waals surface area (Å²) in [6.45, 7) is 0. The van der Waals surface area contributed by atoms with E-state index in [1.807, 2.05) is 0 Å². The van der Waals surface area contributed by atoms with E-state index in [1.54, 1.807) is 0 Å². The Morgan fingerprint density at radius 2 is 1.92 bits per heavy atom. The Morgan fingerprint density at radius 3 is 2.42 bits per heavy atom. The second kappa shape index (κ2) is 8.72. The van der Waals surface area contributed by atoms with Gasteiger partial charge in [-0.3, -0.25) is 10.1 Å². The van der Waals surface area contributed by atoms with E-state index < -0.39 is 34.7 Å². The molecule has 2 aromatic rings. The molecule has 0 amide bonds. The molecule has 0 fully saturated rings. The molecule has 0 aliphatic heterocycles. The fourth-order valence-corrected chi connectivity index (χ4v) is 2.25. The molecule has 0 heterocycles. The van der Waals surface area contributed by atoms with Crippen LogP contribution in [0.5, 0.6) is 11.5 Å². The fourth-order valence-electron chi connectivity index (χ4n) is 2.00. The Kier molecular flexibility index (Phi) is 7.45. The summed E-state index contributed by atoms with van der Waals surface area (Å²) in [7, 11) is 0. The summed E-state index contributed by atoms with van der Waals surface area (Å²) >= 11 is 5.88. The molecule has 0 aliphatic carbocycles. The van der Waals surface area contributed by atoms with Gasteiger partial charge in [-0.25, -0.2) is 4.79 Å². The molecule has 0 saturated carbocycles. The predicted molar refractivity (Wildman–Crippen MR) is 82.5 cm³/mol. The van der Waals surface area contributed by atoms with Crippen LogP contribution in [0.15, 0.2) is 36.4 Å². The van der Waals surface area contributed by atoms with Crippen molar-refractivity contribution in [3.05, 3.63) is 62.7 Å². The van der Waals surface area contributed by atoms with Crippen LogP contribution in [-0.4, -0.2) is 22.2 Å². The van der Waals surface area contributed by atoms with Crippen LogP contribution in [0.4, 0.5) is 18.9 Å². The summed E-state index contributed by atoms with van der Waals surface area (Å²) in [5.74, 6) is -1.60. The molecule has 0 radical (unpaired) electrons. The van der Waals surface area contributed by atoms with E-state index >= 15 is 0 Å². The topological polar surface area (TPSA) is 89.7 Å². The van der Waals surface area contributed by atoms with Crippen molar-refractivity contribution in [3.63, 3.8) is 0 Å². The number of carboxylic acids is 1. The first-order valence-electron chi connectivity index (χ1n) is 6.61. The average Bonchev–Trinajstić information content (AvgIpc) is 2.48. The second-order valence-corrected chi connectivity index (χ2v) is 5.31. The maximum absolute atomic E-state index is 12.4. The number of nitrogens with zero attached hydrogens (tertiary/aromatic N) is 1. The molecule has 26 heavy (non-hydrogen) atoms. The Bertz CT molecular complexity index is 851. The van der Waals surface area contributed by atoms with Crippen LogP contribution < -0.4 is 34.3 Å². The molecule has 0 aromatic heterocycles. The number of aromatic carboxylic acids is 1. The molecular weight excluding hydrogens is 390 g/mol. The van der Waals surface area contributed by atoms with E-state index in [0.717, 1.165) is 30.3 Å². The SMILES string of the molecule is O=C(O)c1cc(Oc2ccc(CC(F)(F)F)cc2Cl)ccc1[N+](=O)[O-].[H-].[Na+]. The van der Waals surface area contributed by atoms with Gasteiger partial charge in [0.25, 0.3) is 5.69 Å². The van der Waals surface area contributed by atoms with Gasteiger partial charge in [0.15, 0.2) is 0 Å². The van der Waals surface area contributed by atoms with Gasteiger partial charge in [0, 0.05) is 12.1 Å². The van der Waals surface area contributed by atoms with Gasteiger partial charge in [-0.2, -0.15) is 13.2 Å². The molecule has 0 unspecified atom stereocenters. The molecule has 6 nitrogen and oxygen atoms in total. The van der Waals surface area contributed by atoms with Gasteiger partial charge in [-0.05, 0) is 23.8 Å². The number of carbonyl (C=O) groups is 1. The summed E-state index contributed by atoms with van der Waals surface area (Å²) in [5, 5.41) is 19.7. The van der Waals surface area contributed by atoms with Gasteiger partial charge >= 0.3 is 41.7 Å². The van der Waals surface area contributed by atoms with Crippen LogP contribution in [-0.2, 0) is 6.42 Å². The minimum atomic E-state index is -4.39. The van der Waals surface area contributed by atoms with Crippen molar-refractivity contribution in [1.82, 2.24) is 0 Å². The Labute approximate surface area is 173 Å².